The third-order valence-electron chi connectivity index (χ3n) is 3.74. The van der Waals surface area contributed by atoms with Gasteiger partial charge in [0.2, 0.25) is 5.91 Å². The van der Waals surface area contributed by atoms with Crippen molar-refractivity contribution in [3.05, 3.63) is 23.8 Å². The van der Waals surface area contributed by atoms with E-state index >= 15 is 0 Å². The second-order valence-electron chi connectivity index (χ2n) is 5.07. The molecule has 0 radical (unpaired) electrons. The van der Waals surface area contributed by atoms with Gasteiger partial charge in [0.25, 0.3) is 0 Å². The van der Waals surface area contributed by atoms with Crippen LogP contribution in [-0.4, -0.2) is 37.1 Å². The van der Waals surface area contributed by atoms with Gasteiger partial charge in [-0.3, -0.25) is 4.79 Å². The summed E-state index contributed by atoms with van der Waals surface area (Å²) in [4.78, 5) is 13.4. The normalized spacial score (nSPS) is 26.4. The van der Waals surface area contributed by atoms with Crippen LogP contribution in [0.25, 0.3) is 0 Å². The lowest BCUT2D eigenvalue weighted by molar-refractivity contribution is -0.127. The predicted octanol–water partition coefficient (Wildman–Crippen LogP) is 1.08. The monoisotopic (exact) mass is 262 g/mol. The van der Waals surface area contributed by atoms with Crippen molar-refractivity contribution >= 4 is 5.91 Å². The van der Waals surface area contributed by atoms with Crippen LogP contribution in [0.5, 0.6) is 11.5 Å². The first-order chi connectivity index (χ1) is 9.16. The van der Waals surface area contributed by atoms with Gasteiger partial charge in [-0.1, -0.05) is 6.07 Å². The van der Waals surface area contributed by atoms with E-state index in [9.17, 15) is 4.79 Å². The highest BCUT2D eigenvalue weighted by molar-refractivity contribution is 5.80. The minimum absolute atomic E-state index is 0.0790. The number of ether oxygens (including phenoxy) is 2. The Morgan fingerprint density at radius 2 is 2.00 bits per heavy atom. The van der Waals surface area contributed by atoms with E-state index in [0.717, 1.165) is 23.5 Å². The number of benzene rings is 1. The molecular formula is C14H18N2O3. The first kappa shape index (κ1) is 12.3. The van der Waals surface area contributed by atoms with Gasteiger partial charge in [-0.05, 0) is 17.7 Å². The van der Waals surface area contributed by atoms with Crippen LogP contribution in [0.1, 0.15) is 24.4 Å². The molecule has 1 saturated heterocycles. The second kappa shape index (κ2) is 4.74. The van der Waals surface area contributed by atoms with Gasteiger partial charge in [-0.25, -0.2) is 0 Å². The fourth-order valence-electron chi connectivity index (χ4n) is 2.73. The number of nitrogens with zero attached hydrogens (tertiary/aromatic N) is 1. The molecule has 2 unspecified atom stereocenters. The van der Waals surface area contributed by atoms with Crippen molar-refractivity contribution in [3.8, 4) is 11.5 Å². The van der Waals surface area contributed by atoms with Crippen LogP contribution in [0.2, 0.25) is 0 Å². The van der Waals surface area contributed by atoms with Crippen molar-refractivity contribution in [1.29, 1.82) is 0 Å². The molecule has 0 bridgehead atoms. The standard InChI is InChI=1S/C14H18N2O3/c1-16-13(17)8-10(15)14(16)9-3-4-11-12(7-9)19-6-2-5-18-11/h3-4,7,10,14H,2,5-6,8,15H2,1H3. The molecule has 5 nitrogen and oxygen atoms in total. The number of hydrogen-bond donors (Lipinski definition) is 1. The van der Waals surface area contributed by atoms with E-state index in [2.05, 4.69) is 0 Å². The van der Waals surface area contributed by atoms with Gasteiger partial charge in [0, 0.05) is 25.9 Å². The maximum Gasteiger partial charge on any atom is 0.224 e. The number of amides is 1. The molecule has 1 fully saturated rings. The Morgan fingerprint density at radius 3 is 2.68 bits per heavy atom. The van der Waals surface area contributed by atoms with E-state index < -0.39 is 0 Å². The van der Waals surface area contributed by atoms with Crippen LogP contribution in [0.15, 0.2) is 18.2 Å². The van der Waals surface area contributed by atoms with Crippen LogP contribution in [0.3, 0.4) is 0 Å². The lowest BCUT2D eigenvalue weighted by atomic mass is 10.0. The molecule has 1 aromatic rings. The summed E-state index contributed by atoms with van der Waals surface area (Å²) >= 11 is 0. The number of hydrogen-bond acceptors (Lipinski definition) is 4. The summed E-state index contributed by atoms with van der Waals surface area (Å²) in [5.41, 5.74) is 7.07. The van der Waals surface area contributed by atoms with Gasteiger partial charge in [0.05, 0.1) is 19.3 Å². The van der Waals surface area contributed by atoms with E-state index in [1.807, 2.05) is 18.2 Å². The average Bonchev–Trinajstić information content (AvgIpc) is 2.59. The number of carbonyl (C=O) groups excluding carboxylic acids is 1. The topological polar surface area (TPSA) is 64.8 Å². The van der Waals surface area contributed by atoms with Crippen LogP contribution in [0, 0.1) is 0 Å². The summed E-state index contributed by atoms with van der Waals surface area (Å²) in [5, 5.41) is 0. The molecule has 2 heterocycles. The minimum Gasteiger partial charge on any atom is -0.490 e. The summed E-state index contributed by atoms with van der Waals surface area (Å²) < 4.78 is 11.3. The van der Waals surface area contributed by atoms with E-state index in [0.29, 0.717) is 19.6 Å². The molecule has 2 aliphatic heterocycles. The van der Waals surface area contributed by atoms with E-state index in [1.165, 1.54) is 0 Å². The molecule has 2 aliphatic rings. The molecule has 0 aliphatic carbocycles. The van der Waals surface area contributed by atoms with Gasteiger partial charge in [0.15, 0.2) is 11.5 Å². The molecule has 0 spiro atoms. The molecule has 1 aromatic carbocycles. The summed E-state index contributed by atoms with van der Waals surface area (Å²) in [5.74, 6) is 1.60. The number of rotatable bonds is 1. The Kier molecular flexibility index (Phi) is 3.06. The molecule has 5 heteroatoms. The predicted molar refractivity (Wildman–Crippen MR) is 70.2 cm³/mol. The largest absolute Gasteiger partial charge is 0.490 e. The summed E-state index contributed by atoms with van der Waals surface area (Å²) in [7, 11) is 1.79. The van der Waals surface area contributed by atoms with Crippen molar-refractivity contribution < 1.29 is 14.3 Å². The zero-order valence-electron chi connectivity index (χ0n) is 11.0. The van der Waals surface area contributed by atoms with E-state index in [-0.39, 0.29) is 18.0 Å². The summed E-state index contributed by atoms with van der Waals surface area (Å²) in [6, 6.07) is 5.57. The Bertz CT molecular complexity index is 503. The maximum atomic E-state index is 11.7. The number of likely N-dealkylation sites (tertiary alicyclic amines) is 1. The van der Waals surface area contributed by atoms with Crippen molar-refractivity contribution in [1.82, 2.24) is 4.90 Å². The SMILES string of the molecule is CN1C(=O)CC(N)C1c1ccc2c(c1)OCCCO2. The third kappa shape index (κ3) is 2.14. The number of likely N-dealkylation sites (N-methyl/N-ethyl adjacent to an activating group) is 1. The van der Waals surface area contributed by atoms with Gasteiger partial charge >= 0.3 is 0 Å². The van der Waals surface area contributed by atoms with Crippen molar-refractivity contribution in [2.45, 2.75) is 24.9 Å². The second-order valence-corrected chi connectivity index (χ2v) is 5.07. The Labute approximate surface area is 112 Å². The molecule has 19 heavy (non-hydrogen) atoms. The maximum absolute atomic E-state index is 11.7. The average molecular weight is 262 g/mol. The highest BCUT2D eigenvalue weighted by atomic mass is 16.5. The van der Waals surface area contributed by atoms with Crippen LogP contribution in [-0.2, 0) is 4.79 Å². The zero-order chi connectivity index (χ0) is 13.4. The quantitative estimate of drug-likeness (QED) is 0.822. The minimum atomic E-state index is -0.165. The van der Waals surface area contributed by atoms with Crippen LogP contribution >= 0.6 is 0 Å². The first-order valence-electron chi connectivity index (χ1n) is 6.57. The van der Waals surface area contributed by atoms with Crippen molar-refractivity contribution in [2.75, 3.05) is 20.3 Å². The Hall–Kier alpha value is -1.75. The highest BCUT2D eigenvalue weighted by Gasteiger charge is 2.36. The Balaban J connectivity index is 1.93. The molecule has 0 saturated carbocycles. The Morgan fingerprint density at radius 1 is 1.26 bits per heavy atom. The molecule has 0 aromatic heterocycles. The van der Waals surface area contributed by atoms with Crippen molar-refractivity contribution in [2.24, 2.45) is 5.73 Å². The lowest BCUT2D eigenvalue weighted by Gasteiger charge is -2.24. The number of carbonyl (C=O) groups is 1. The molecule has 1 amide bonds. The fraction of sp³-hybridized carbons (Fsp3) is 0.500. The van der Waals surface area contributed by atoms with Gasteiger partial charge in [-0.2, -0.15) is 0 Å². The van der Waals surface area contributed by atoms with E-state index in [1.54, 1.807) is 11.9 Å². The molecule has 102 valence electrons. The lowest BCUT2D eigenvalue weighted by Crippen LogP contribution is -2.30. The molecule has 3 rings (SSSR count). The van der Waals surface area contributed by atoms with E-state index in [4.69, 9.17) is 15.2 Å². The van der Waals surface area contributed by atoms with Gasteiger partial charge in [0.1, 0.15) is 0 Å². The molecule has 2 N–H and O–H groups in total. The van der Waals surface area contributed by atoms with Crippen LogP contribution in [0.4, 0.5) is 0 Å². The summed E-state index contributed by atoms with van der Waals surface area (Å²) in [6.07, 6.45) is 1.28. The summed E-state index contributed by atoms with van der Waals surface area (Å²) in [6.45, 7) is 1.33. The van der Waals surface area contributed by atoms with Gasteiger partial charge < -0.3 is 20.1 Å². The third-order valence-corrected chi connectivity index (χ3v) is 3.74. The number of nitrogens with two attached hydrogens (primary N) is 1. The molecular weight excluding hydrogens is 244 g/mol. The highest BCUT2D eigenvalue weighted by Crippen LogP contribution is 2.37. The van der Waals surface area contributed by atoms with Gasteiger partial charge in [-0.15, -0.1) is 0 Å². The first-order valence-corrected chi connectivity index (χ1v) is 6.57. The van der Waals surface area contributed by atoms with Crippen LogP contribution < -0.4 is 15.2 Å². The smallest absolute Gasteiger partial charge is 0.224 e. The molecule has 2 atom stereocenters. The number of fused-ring (bicyclic) bond motifs is 1. The van der Waals surface area contributed by atoms with Crippen molar-refractivity contribution in [3.63, 3.8) is 0 Å². The zero-order valence-corrected chi connectivity index (χ0v) is 11.0. The fourth-order valence-corrected chi connectivity index (χ4v) is 2.73.